The van der Waals surface area contributed by atoms with Gasteiger partial charge in [0, 0.05) is 38.4 Å². The lowest BCUT2D eigenvalue weighted by Crippen LogP contribution is -2.52. The monoisotopic (exact) mass is 470 g/mol. The maximum atomic E-state index is 14.0. The first kappa shape index (κ1) is 25.6. The van der Waals surface area contributed by atoms with E-state index in [-0.39, 0.29) is 24.1 Å². The third kappa shape index (κ3) is 7.01. The molecule has 1 fully saturated rings. The van der Waals surface area contributed by atoms with Crippen molar-refractivity contribution < 1.29 is 18.7 Å². The first-order valence-electron chi connectivity index (χ1n) is 11.9. The lowest BCUT2D eigenvalue weighted by atomic mass is 10.1. The van der Waals surface area contributed by atoms with Crippen LogP contribution in [0, 0.1) is 5.82 Å². The third-order valence-corrected chi connectivity index (χ3v) is 6.19. The number of nitrogens with zero attached hydrogens (tertiary/aromatic N) is 3. The smallest absolute Gasteiger partial charge is 0.238 e. The number of anilines is 1. The van der Waals surface area contributed by atoms with Crippen LogP contribution in [0.25, 0.3) is 0 Å². The molecule has 3 rings (SSSR count). The van der Waals surface area contributed by atoms with E-state index in [0.717, 1.165) is 23.2 Å². The number of benzene rings is 2. The number of carbonyl (C=O) groups excluding carboxylic acids is 2. The van der Waals surface area contributed by atoms with E-state index in [1.165, 1.54) is 13.2 Å². The molecule has 0 radical (unpaired) electrons. The summed E-state index contributed by atoms with van der Waals surface area (Å²) in [5, 5.41) is 3.01. The number of ether oxygens (including phenoxy) is 1. The second-order valence-corrected chi connectivity index (χ2v) is 8.49. The van der Waals surface area contributed by atoms with Crippen molar-refractivity contribution >= 4 is 17.5 Å². The van der Waals surface area contributed by atoms with Crippen molar-refractivity contribution in [3.63, 3.8) is 0 Å². The quantitative estimate of drug-likeness (QED) is 0.578. The average molecular weight is 471 g/mol. The average Bonchev–Trinajstić information content (AvgIpc) is 2.84. The van der Waals surface area contributed by atoms with E-state index < -0.39 is 5.82 Å². The predicted molar refractivity (Wildman–Crippen MR) is 131 cm³/mol. The van der Waals surface area contributed by atoms with Gasteiger partial charge in [-0.3, -0.25) is 19.4 Å². The molecule has 8 heteroatoms. The number of piperazine rings is 1. The number of halogens is 1. The van der Waals surface area contributed by atoms with Gasteiger partial charge in [-0.15, -0.1) is 0 Å². The third-order valence-electron chi connectivity index (χ3n) is 6.19. The van der Waals surface area contributed by atoms with Crippen LogP contribution in [0.2, 0.25) is 0 Å². The number of nitrogens with one attached hydrogen (secondary N) is 1. The van der Waals surface area contributed by atoms with Crippen LogP contribution in [0.3, 0.4) is 0 Å². The molecule has 2 amide bonds. The Kier molecular flexibility index (Phi) is 9.42. The SMILES string of the molecule is CCc1ccccc1NC(=O)CN1CCN(C(=O)CN(CC)Cc2ccc(OC)c(F)c2)CC1. The predicted octanol–water partition coefficient (Wildman–Crippen LogP) is 3.00. The first-order chi connectivity index (χ1) is 16.4. The van der Waals surface area contributed by atoms with Crippen molar-refractivity contribution in [1.29, 1.82) is 0 Å². The van der Waals surface area contributed by atoms with Crippen molar-refractivity contribution in [3.05, 3.63) is 59.4 Å². The molecule has 1 aliphatic rings. The minimum atomic E-state index is -0.402. The highest BCUT2D eigenvalue weighted by atomic mass is 19.1. The van der Waals surface area contributed by atoms with Crippen molar-refractivity contribution in [2.45, 2.75) is 26.8 Å². The van der Waals surface area contributed by atoms with Crippen LogP contribution >= 0.6 is 0 Å². The molecule has 2 aromatic rings. The van der Waals surface area contributed by atoms with Gasteiger partial charge in [0.1, 0.15) is 0 Å². The number of rotatable bonds is 10. The molecule has 0 aromatic heterocycles. The zero-order chi connectivity index (χ0) is 24.5. The van der Waals surface area contributed by atoms with Gasteiger partial charge >= 0.3 is 0 Å². The fourth-order valence-corrected chi connectivity index (χ4v) is 4.14. The zero-order valence-electron chi connectivity index (χ0n) is 20.3. The van der Waals surface area contributed by atoms with Gasteiger partial charge in [0.25, 0.3) is 0 Å². The molecule has 0 atom stereocenters. The van der Waals surface area contributed by atoms with Crippen LogP contribution in [0.1, 0.15) is 25.0 Å². The van der Waals surface area contributed by atoms with Crippen molar-refractivity contribution in [1.82, 2.24) is 14.7 Å². The van der Waals surface area contributed by atoms with Crippen LogP contribution in [0.5, 0.6) is 5.75 Å². The largest absolute Gasteiger partial charge is 0.494 e. The van der Waals surface area contributed by atoms with Gasteiger partial charge in [0.15, 0.2) is 11.6 Å². The van der Waals surface area contributed by atoms with Gasteiger partial charge in [-0.2, -0.15) is 0 Å². The van der Waals surface area contributed by atoms with E-state index in [0.29, 0.717) is 45.8 Å². The highest BCUT2D eigenvalue weighted by Crippen LogP contribution is 2.19. The van der Waals surface area contributed by atoms with E-state index in [2.05, 4.69) is 17.1 Å². The summed E-state index contributed by atoms with van der Waals surface area (Å²) in [4.78, 5) is 31.3. The number of hydrogen-bond acceptors (Lipinski definition) is 5. The molecule has 0 aliphatic carbocycles. The highest BCUT2D eigenvalue weighted by molar-refractivity contribution is 5.93. The van der Waals surface area contributed by atoms with E-state index in [4.69, 9.17) is 4.74 Å². The first-order valence-corrected chi connectivity index (χ1v) is 11.9. The summed E-state index contributed by atoms with van der Waals surface area (Å²) in [7, 11) is 1.44. The van der Waals surface area contributed by atoms with E-state index in [1.54, 1.807) is 6.07 Å². The summed E-state index contributed by atoms with van der Waals surface area (Å²) in [5.74, 6) is -0.175. The maximum Gasteiger partial charge on any atom is 0.238 e. The minimum absolute atomic E-state index is 0.0374. The number of amides is 2. The Bertz CT molecular complexity index is 976. The molecule has 184 valence electrons. The summed E-state index contributed by atoms with van der Waals surface area (Å²) >= 11 is 0. The molecular formula is C26H35FN4O3. The molecule has 1 aliphatic heterocycles. The molecule has 2 aromatic carbocycles. The lowest BCUT2D eigenvalue weighted by molar-refractivity contribution is -0.134. The Labute approximate surface area is 201 Å². The number of carbonyl (C=O) groups is 2. The van der Waals surface area contributed by atoms with Gasteiger partial charge in [0.05, 0.1) is 20.2 Å². The Morgan fingerprint density at radius 1 is 1.09 bits per heavy atom. The molecule has 7 nitrogen and oxygen atoms in total. The summed E-state index contributed by atoms with van der Waals surface area (Å²) in [5.41, 5.74) is 2.78. The van der Waals surface area contributed by atoms with Gasteiger partial charge in [-0.05, 0) is 42.3 Å². The molecule has 0 unspecified atom stereocenters. The summed E-state index contributed by atoms with van der Waals surface area (Å²) in [6.07, 6.45) is 0.861. The lowest BCUT2D eigenvalue weighted by Gasteiger charge is -2.35. The second kappa shape index (κ2) is 12.5. The molecule has 0 spiro atoms. The van der Waals surface area contributed by atoms with E-state index in [9.17, 15) is 14.0 Å². The topological polar surface area (TPSA) is 65.1 Å². The van der Waals surface area contributed by atoms with E-state index >= 15 is 0 Å². The number of aryl methyl sites for hydroxylation is 1. The van der Waals surface area contributed by atoms with Gasteiger partial charge < -0.3 is 15.0 Å². The Hall–Kier alpha value is -2.97. The van der Waals surface area contributed by atoms with Crippen LogP contribution in [0.4, 0.5) is 10.1 Å². The number of methoxy groups -OCH3 is 1. The second-order valence-electron chi connectivity index (χ2n) is 8.49. The maximum absolute atomic E-state index is 14.0. The standard InChI is InChI=1S/C26H35FN4O3/c1-4-21-8-6-7-9-23(21)28-25(32)18-30-12-14-31(15-13-30)26(33)19-29(5-2)17-20-10-11-24(34-3)22(27)16-20/h6-11,16H,4-5,12-15,17-19H2,1-3H3,(H,28,32). The van der Waals surface area contributed by atoms with E-state index in [1.807, 2.05) is 47.1 Å². The van der Waals surface area contributed by atoms with Crippen LogP contribution in [-0.2, 0) is 22.6 Å². The molecule has 0 bridgehead atoms. The number of likely N-dealkylation sites (N-methyl/N-ethyl adjacent to an activating group) is 1. The fraction of sp³-hybridized carbons (Fsp3) is 0.462. The summed E-state index contributed by atoms with van der Waals surface area (Å²) < 4.78 is 19.0. The van der Waals surface area contributed by atoms with Gasteiger partial charge in [0.2, 0.25) is 11.8 Å². The zero-order valence-corrected chi connectivity index (χ0v) is 20.3. The molecule has 0 saturated carbocycles. The van der Waals surface area contributed by atoms with Crippen LogP contribution < -0.4 is 10.1 Å². The molecule has 34 heavy (non-hydrogen) atoms. The fourth-order valence-electron chi connectivity index (χ4n) is 4.14. The van der Waals surface area contributed by atoms with Crippen LogP contribution in [0.15, 0.2) is 42.5 Å². The normalized spacial score (nSPS) is 14.3. The Balaban J connectivity index is 1.45. The van der Waals surface area contributed by atoms with Crippen LogP contribution in [-0.4, -0.2) is 79.4 Å². The van der Waals surface area contributed by atoms with Gasteiger partial charge in [-0.1, -0.05) is 38.1 Å². The van der Waals surface area contributed by atoms with Crippen molar-refractivity contribution in [3.8, 4) is 5.75 Å². The molecular weight excluding hydrogens is 435 g/mol. The number of para-hydroxylation sites is 1. The summed E-state index contributed by atoms with van der Waals surface area (Å²) in [6.45, 7) is 8.30. The van der Waals surface area contributed by atoms with Gasteiger partial charge in [-0.25, -0.2) is 4.39 Å². The Morgan fingerprint density at radius 2 is 1.82 bits per heavy atom. The van der Waals surface area contributed by atoms with Crippen molar-refractivity contribution in [2.24, 2.45) is 0 Å². The molecule has 1 heterocycles. The summed E-state index contributed by atoms with van der Waals surface area (Å²) in [6, 6.07) is 12.7. The highest BCUT2D eigenvalue weighted by Gasteiger charge is 2.24. The minimum Gasteiger partial charge on any atom is -0.494 e. The molecule has 1 saturated heterocycles. The van der Waals surface area contributed by atoms with Crippen molar-refractivity contribution in [2.75, 3.05) is 58.2 Å². The molecule has 1 N–H and O–H groups in total. The number of hydrogen-bond donors (Lipinski definition) is 1. The Morgan fingerprint density at radius 3 is 2.47 bits per heavy atom.